The number of hydrogen-bond donors (Lipinski definition) is 0. The van der Waals surface area contributed by atoms with Crippen LogP contribution in [0.15, 0.2) is 125 Å². The highest BCUT2D eigenvalue weighted by Gasteiger charge is 2.13. The van der Waals surface area contributed by atoms with E-state index in [0.717, 1.165) is 27.5 Å². The number of nitrogens with zero attached hydrogens (tertiary/aromatic N) is 3. The van der Waals surface area contributed by atoms with Gasteiger partial charge in [0.25, 0.3) is 5.56 Å². The zero-order chi connectivity index (χ0) is 25.9. The highest BCUT2D eigenvalue weighted by molar-refractivity contribution is 6.02. The summed E-state index contributed by atoms with van der Waals surface area (Å²) < 4.78 is 7.66. The van der Waals surface area contributed by atoms with Crippen LogP contribution in [0.4, 0.5) is 0 Å². The van der Waals surface area contributed by atoms with Crippen LogP contribution in [-0.4, -0.2) is 15.9 Å². The van der Waals surface area contributed by atoms with Crippen LogP contribution >= 0.6 is 0 Å². The minimum Gasteiger partial charge on any atom is -0.488 e. The van der Waals surface area contributed by atoms with Crippen molar-refractivity contribution in [2.75, 3.05) is 0 Å². The maximum atomic E-state index is 13.6. The van der Waals surface area contributed by atoms with E-state index in [1.54, 1.807) is 12.3 Å². The van der Waals surface area contributed by atoms with Gasteiger partial charge in [-0.15, -0.1) is 0 Å². The van der Waals surface area contributed by atoms with Crippen molar-refractivity contribution >= 4 is 27.9 Å². The second kappa shape index (κ2) is 10.1. The average Bonchev–Trinajstić information content (AvgIpc) is 2.97. The molecule has 6 aromatic rings. The van der Waals surface area contributed by atoms with Crippen molar-refractivity contribution in [3.05, 3.63) is 142 Å². The van der Waals surface area contributed by atoms with Gasteiger partial charge in [0, 0.05) is 11.1 Å². The summed E-state index contributed by atoms with van der Waals surface area (Å²) in [7, 11) is 0. The van der Waals surface area contributed by atoms with E-state index < -0.39 is 0 Å². The number of hydrogen-bond acceptors (Lipinski definition) is 4. The molecule has 6 rings (SSSR count). The fourth-order valence-electron chi connectivity index (χ4n) is 4.50. The molecule has 0 amide bonds. The lowest BCUT2D eigenvalue weighted by atomic mass is 10.0. The number of benzene rings is 5. The van der Waals surface area contributed by atoms with Gasteiger partial charge in [0.15, 0.2) is 5.82 Å². The SMILES string of the molecule is Cc1ccc(COc2ccc3ccccc3c2C=Nn2c(-c3ccccc3)nc3ccccc3c2=O)cc1. The number of para-hydroxylation sites is 1. The van der Waals surface area contributed by atoms with Gasteiger partial charge in [-0.05, 0) is 41.5 Å². The highest BCUT2D eigenvalue weighted by Crippen LogP contribution is 2.28. The van der Waals surface area contributed by atoms with Gasteiger partial charge in [-0.1, -0.05) is 103 Å². The second-order valence-corrected chi connectivity index (χ2v) is 9.15. The third-order valence-electron chi connectivity index (χ3n) is 6.53. The summed E-state index contributed by atoms with van der Waals surface area (Å²) >= 11 is 0. The van der Waals surface area contributed by atoms with Crippen LogP contribution in [-0.2, 0) is 6.61 Å². The Balaban J connectivity index is 1.48. The van der Waals surface area contributed by atoms with E-state index in [0.29, 0.717) is 29.1 Å². The number of fused-ring (bicyclic) bond motifs is 2. The zero-order valence-corrected chi connectivity index (χ0v) is 20.9. The van der Waals surface area contributed by atoms with E-state index in [9.17, 15) is 4.79 Å². The van der Waals surface area contributed by atoms with E-state index in [1.165, 1.54) is 10.2 Å². The summed E-state index contributed by atoms with van der Waals surface area (Å²) in [5, 5.41) is 7.27. The predicted molar refractivity (Wildman–Crippen MR) is 154 cm³/mol. The molecule has 0 radical (unpaired) electrons. The topological polar surface area (TPSA) is 56.5 Å². The Bertz CT molecular complexity index is 1840. The van der Waals surface area contributed by atoms with E-state index in [2.05, 4.69) is 37.3 Å². The molecule has 1 aromatic heterocycles. The standard InChI is InChI=1S/C33H25N3O2/c1-23-15-17-24(18-16-23)22-38-31-20-19-25-9-5-6-12-27(25)29(31)21-34-36-32(26-10-3-2-4-11-26)35-30-14-8-7-13-28(30)33(36)37/h2-21H,22H2,1H3. The van der Waals surface area contributed by atoms with E-state index in [-0.39, 0.29) is 5.56 Å². The smallest absolute Gasteiger partial charge is 0.282 e. The Labute approximate surface area is 220 Å². The monoisotopic (exact) mass is 495 g/mol. The molecule has 5 nitrogen and oxygen atoms in total. The molecule has 5 heteroatoms. The molecule has 38 heavy (non-hydrogen) atoms. The molecular formula is C33H25N3O2. The molecule has 1 heterocycles. The fraction of sp³-hybridized carbons (Fsp3) is 0.0606. The minimum atomic E-state index is -0.229. The van der Waals surface area contributed by atoms with E-state index in [4.69, 9.17) is 14.8 Å². The van der Waals surface area contributed by atoms with E-state index >= 15 is 0 Å². The quantitative estimate of drug-likeness (QED) is 0.234. The average molecular weight is 496 g/mol. The number of aryl methyl sites for hydroxylation is 1. The van der Waals surface area contributed by atoms with Crippen LogP contribution in [0.25, 0.3) is 33.1 Å². The van der Waals surface area contributed by atoms with Crippen LogP contribution in [0.3, 0.4) is 0 Å². The van der Waals surface area contributed by atoms with Crippen LogP contribution in [0.1, 0.15) is 16.7 Å². The molecule has 0 aliphatic heterocycles. The summed E-state index contributed by atoms with van der Waals surface area (Å²) in [5.41, 5.74) is 4.29. The van der Waals surface area contributed by atoms with Crippen molar-refractivity contribution in [1.29, 1.82) is 0 Å². The van der Waals surface area contributed by atoms with Crippen molar-refractivity contribution in [2.45, 2.75) is 13.5 Å². The number of aromatic nitrogens is 2. The number of ether oxygens (including phenoxy) is 1. The predicted octanol–water partition coefficient (Wildman–Crippen LogP) is 6.99. The molecule has 0 fully saturated rings. The van der Waals surface area contributed by atoms with Gasteiger partial charge in [-0.2, -0.15) is 9.78 Å². The molecule has 184 valence electrons. The van der Waals surface area contributed by atoms with Crippen LogP contribution in [0, 0.1) is 6.92 Å². The lowest BCUT2D eigenvalue weighted by molar-refractivity contribution is 0.306. The second-order valence-electron chi connectivity index (χ2n) is 9.15. The van der Waals surface area contributed by atoms with E-state index in [1.807, 2.05) is 78.9 Å². The molecule has 0 N–H and O–H groups in total. The van der Waals surface area contributed by atoms with Gasteiger partial charge in [-0.25, -0.2) is 4.98 Å². The molecule has 0 saturated carbocycles. The lowest BCUT2D eigenvalue weighted by Gasteiger charge is -2.13. The van der Waals surface area contributed by atoms with Crippen molar-refractivity contribution in [3.63, 3.8) is 0 Å². The van der Waals surface area contributed by atoms with Gasteiger partial charge < -0.3 is 4.74 Å². The first-order valence-corrected chi connectivity index (χ1v) is 12.5. The molecule has 0 aliphatic carbocycles. The van der Waals surface area contributed by atoms with Crippen molar-refractivity contribution < 1.29 is 4.74 Å². The Morgan fingerprint density at radius 1 is 0.789 bits per heavy atom. The first kappa shape index (κ1) is 23.4. The Hall–Kier alpha value is -5.03. The minimum absolute atomic E-state index is 0.229. The summed E-state index contributed by atoms with van der Waals surface area (Å²) in [4.78, 5) is 18.4. The highest BCUT2D eigenvalue weighted by atomic mass is 16.5. The van der Waals surface area contributed by atoms with Crippen molar-refractivity contribution in [1.82, 2.24) is 9.66 Å². The molecule has 0 spiro atoms. The third kappa shape index (κ3) is 4.58. The molecule has 0 unspecified atom stereocenters. The maximum Gasteiger partial charge on any atom is 0.282 e. The van der Waals surface area contributed by atoms with Crippen LogP contribution in [0.5, 0.6) is 5.75 Å². The Morgan fingerprint density at radius 3 is 2.32 bits per heavy atom. The van der Waals surface area contributed by atoms with Gasteiger partial charge in [0.1, 0.15) is 12.4 Å². The van der Waals surface area contributed by atoms with Gasteiger partial charge >= 0.3 is 0 Å². The maximum absolute atomic E-state index is 13.6. The first-order valence-electron chi connectivity index (χ1n) is 12.5. The summed E-state index contributed by atoms with van der Waals surface area (Å²) in [6.45, 7) is 2.49. The first-order chi connectivity index (χ1) is 18.7. The largest absolute Gasteiger partial charge is 0.488 e. The van der Waals surface area contributed by atoms with Crippen molar-refractivity contribution in [2.24, 2.45) is 5.10 Å². The Morgan fingerprint density at radius 2 is 1.50 bits per heavy atom. The third-order valence-corrected chi connectivity index (χ3v) is 6.53. The molecule has 0 bridgehead atoms. The zero-order valence-electron chi connectivity index (χ0n) is 20.9. The molecule has 5 aromatic carbocycles. The van der Waals surface area contributed by atoms with Crippen molar-refractivity contribution in [3.8, 4) is 17.1 Å². The summed E-state index contributed by atoms with van der Waals surface area (Å²) in [5.74, 6) is 1.17. The normalized spacial score (nSPS) is 11.4. The lowest BCUT2D eigenvalue weighted by Crippen LogP contribution is -2.20. The molecular weight excluding hydrogens is 470 g/mol. The van der Waals surface area contributed by atoms with Gasteiger partial charge in [0.2, 0.25) is 0 Å². The fourth-order valence-corrected chi connectivity index (χ4v) is 4.50. The molecule has 0 saturated heterocycles. The summed E-state index contributed by atoms with van der Waals surface area (Å²) in [6, 6.07) is 37.3. The molecule has 0 atom stereocenters. The van der Waals surface area contributed by atoms with Gasteiger partial charge in [0.05, 0.1) is 17.1 Å². The van der Waals surface area contributed by atoms with Crippen LogP contribution in [0.2, 0.25) is 0 Å². The summed E-state index contributed by atoms with van der Waals surface area (Å²) in [6.07, 6.45) is 1.71. The number of rotatable bonds is 6. The van der Waals surface area contributed by atoms with Crippen LogP contribution < -0.4 is 10.3 Å². The molecule has 0 aliphatic rings. The van der Waals surface area contributed by atoms with Gasteiger partial charge in [-0.3, -0.25) is 4.79 Å². The Kier molecular flexibility index (Phi) is 6.24.